The molecule has 0 heterocycles. The third-order valence-corrected chi connectivity index (χ3v) is 3.35. The highest BCUT2D eigenvalue weighted by Gasteiger charge is 2.11. The number of amides is 2. The topological polar surface area (TPSA) is 89.0 Å². The van der Waals surface area contributed by atoms with E-state index in [4.69, 9.17) is 9.47 Å². The molecular formula is C19H20FN3O4. The highest BCUT2D eigenvalue weighted by Crippen LogP contribution is 2.14. The Balaban J connectivity index is 1.83. The summed E-state index contributed by atoms with van der Waals surface area (Å²) < 4.78 is 23.3. The molecule has 0 aromatic heterocycles. The fourth-order valence-corrected chi connectivity index (χ4v) is 2.00. The van der Waals surface area contributed by atoms with Crippen molar-refractivity contribution in [2.75, 3.05) is 20.3 Å². The number of methoxy groups -OCH3 is 1. The average molecular weight is 373 g/mol. The molecular weight excluding hydrogens is 353 g/mol. The zero-order valence-corrected chi connectivity index (χ0v) is 14.8. The number of hydrazone groups is 1. The molecule has 2 rings (SSSR count). The highest BCUT2D eigenvalue weighted by atomic mass is 19.1. The summed E-state index contributed by atoms with van der Waals surface area (Å²) in [6.45, 7) is 0.839. The Labute approximate surface area is 156 Å². The average Bonchev–Trinajstić information content (AvgIpc) is 2.68. The summed E-state index contributed by atoms with van der Waals surface area (Å²) in [5, 5.41) is 6.13. The van der Waals surface area contributed by atoms with Crippen LogP contribution in [0.25, 0.3) is 0 Å². The highest BCUT2D eigenvalue weighted by molar-refractivity contribution is 6.35. The lowest BCUT2D eigenvalue weighted by Gasteiger charge is -2.07. The van der Waals surface area contributed by atoms with Crippen LogP contribution in [0.4, 0.5) is 4.39 Å². The Morgan fingerprint density at radius 3 is 2.67 bits per heavy atom. The molecule has 0 spiro atoms. The van der Waals surface area contributed by atoms with E-state index < -0.39 is 11.8 Å². The van der Waals surface area contributed by atoms with Gasteiger partial charge in [0, 0.05) is 13.7 Å². The van der Waals surface area contributed by atoms with Gasteiger partial charge in [-0.2, -0.15) is 5.10 Å². The molecule has 0 saturated heterocycles. The first kappa shape index (κ1) is 20.1. The van der Waals surface area contributed by atoms with Gasteiger partial charge < -0.3 is 14.8 Å². The predicted molar refractivity (Wildman–Crippen MR) is 97.8 cm³/mol. The molecule has 0 saturated carbocycles. The minimum atomic E-state index is -0.869. The van der Waals surface area contributed by atoms with Gasteiger partial charge in [-0.15, -0.1) is 0 Å². The smallest absolute Gasteiger partial charge is 0.329 e. The van der Waals surface area contributed by atoms with Gasteiger partial charge >= 0.3 is 11.8 Å². The third kappa shape index (κ3) is 7.25. The maximum absolute atomic E-state index is 12.9. The summed E-state index contributed by atoms with van der Waals surface area (Å²) in [6, 6.07) is 13.0. The van der Waals surface area contributed by atoms with Crippen LogP contribution < -0.4 is 15.5 Å². The Hall–Kier alpha value is -3.26. The Morgan fingerprint density at radius 2 is 1.93 bits per heavy atom. The lowest BCUT2D eigenvalue weighted by Crippen LogP contribution is -2.39. The number of carbonyl (C=O) groups is 2. The van der Waals surface area contributed by atoms with E-state index >= 15 is 0 Å². The first-order chi connectivity index (χ1) is 13.1. The van der Waals surface area contributed by atoms with Gasteiger partial charge in [-0.05, 0) is 35.4 Å². The summed E-state index contributed by atoms with van der Waals surface area (Å²) in [6.07, 6.45) is 1.39. The quantitative estimate of drug-likeness (QED) is 0.318. The zero-order chi connectivity index (χ0) is 19.5. The molecule has 8 heteroatoms. The fraction of sp³-hybridized carbons (Fsp3) is 0.211. The molecule has 2 aromatic carbocycles. The first-order valence-corrected chi connectivity index (χ1v) is 8.16. The lowest BCUT2D eigenvalue weighted by molar-refractivity contribution is -0.139. The summed E-state index contributed by atoms with van der Waals surface area (Å²) in [5.41, 5.74) is 3.65. The number of carbonyl (C=O) groups excluding carboxylic acids is 2. The van der Waals surface area contributed by atoms with E-state index in [9.17, 15) is 14.0 Å². The summed E-state index contributed by atoms with van der Waals surface area (Å²) >= 11 is 0. The fourth-order valence-electron chi connectivity index (χ4n) is 2.00. The number of benzene rings is 2. The van der Waals surface area contributed by atoms with Crippen LogP contribution in [-0.2, 0) is 20.9 Å². The normalized spacial score (nSPS) is 10.6. The van der Waals surface area contributed by atoms with E-state index in [1.54, 1.807) is 36.4 Å². The standard InChI is InChI=1S/C19H20FN3O4/c1-26-10-9-21-18(24)19(25)23-22-12-15-3-2-4-17(11-15)27-13-14-5-7-16(20)8-6-14/h2-8,11-12H,9-10,13H2,1H3,(H,21,24)(H,23,25)/b22-12-. The van der Waals surface area contributed by atoms with Crippen molar-refractivity contribution in [3.05, 3.63) is 65.5 Å². The molecule has 0 atom stereocenters. The predicted octanol–water partition coefficient (Wildman–Crippen LogP) is 1.62. The second-order valence-corrected chi connectivity index (χ2v) is 5.44. The zero-order valence-electron chi connectivity index (χ0n) is 14.8. The van der Waals surface area contributed by atoms with Gasteiger partial charge in [0.25, 0.3) is 0 Å². The number of nitrogens with one attached hydrogen (secondary N) is 2. The van der Waals surface area contributed by atoms with E-state index in [-0.39, 0.29) is 12.4 Å². The van der Waals surface area contributed by atoms with Gasteiger partial charge in [0.1, 0.15) is 18.2 Å². The van der Waals surface area contributed by atoms with Crippen molar-refractivity contribution < 1.29 is 23.5 Å². The van der Waals surface area contributed by atoms with Gasteiger partial charge in [0.2, 0.25) is 0 Å². The number of hydrogen-bond donors (Lipinski definition) is 2. The van der Waals surface area contributed by atoms with Gasteiger partial charge in [-0.25, -0.2) is 9.82 Å². The number of halogens is 1. The molecule has 0 fully saturated rings. The number of rotatable bonds is 8. The van der Waals surface area contributed by atoms with Crippen LogP contribution in [0.5, 0.6) is 5.75 Å². The van der Waals surface area contributed by atoms with Crippen molar-refractivity contribution in [1.82, 2.24) is 10.7 Å². The summed E-state index contributed by atoms with van der Waals surface area (Å²) in [7, 11) is 1.49. The van der Waals surface area contributed by atoms with E-state index in [1.807, 2.05) is 0 Å². The molecule has 0 radical (unpaired) electrons. The molecule has 0 unspecified atom stereocenters. The maximum atomic E-state index is 12.9. The Morgan fingerprint density at radius 1 is 1.15 bits per heavy atom. The number of hydrogen-bond acceptors (Lipinski definition) is 5. The van der Waals surface area contributed by atoms with E-state index in [0.717, 1.165) is 5.56 Å². The molecule has 2 N–H and O–H groups in total. The van der Waals surface area contributed by atoms with Crippen LogP contribution in [0.15, 0.2) is 53.6 Å². The number of nitrogens with zero attached hydrogens (tertiary/aromatic N) is 1. The van der Waals surface area contributed by atoms with E-state index in [0.29, 0.717) is 24.5 Å². The Kier molecular flexibility index (Phi) is 7.92. The van der Waals surface area contributed by atoms with Crippen molar-refractivity contribution >= 4 is 18.0 Å². The third-order valence-electron chi connectivity index (χ3n) is 3.35. The second kappa shape index (κ2) is 10.7. The first-order valence-electron chi connectivity index (χ1n) is 8.16. The van der Waals surface area contributed by atoms with Gasteiger partial charge in [0.15, 0.2) is 0 Å². The van der Waals surface area contributed by atoms with Crippen LogP contribution in [0, 0.1) is 5.82 Å². The SMILES string of the molecule is COCCNC(=O)C(=O)N/N=C\c1cccc(OCc2ccc(F)cc2)c1. The van der Waals surface area contributed by atoms with Crippen LogP contribution in [0.2, 0.25) is 0 Å². The monoisotopic (exact) mass is 373 g/mol. The molecule has 27 heavy (non-hydrogen) atoms. The van der Waals surface area contributed by atoms with Crippen LogP contribution in [0.1, 0.15) is 11.1 Å². The van der Waals surface area contributed by atoms with Crippen molar-refractivity contribution in [2.24, 2.45) is 5.10 Å². The molecule has 0 aliphatic rings. The van der Waals surface area contributed by atoms with Crippen LogP contribution in [-0.4, -0.2) is 38.3 Å². The summed E-state index contributed by atoms with van der Waals surface area (Å²) in [5.74, 6) is -1.37. The maximum Gasteiger partial charge on any atom is 0.329 e. The van der Waals surface area contributed by atoms with Gasteiger partial charge in [-0.3, -0.25) is 9.59 Å². The Bertz CT molecular complexity index is 794. The largest absolute Gasteiger partial charge is 0.489 e. The second-order valence-electron chi connectivity index (χ2n) is 5.44. The minimum Gasteiger partial charge on any atom is -0.489 e. The van der Waals surface area contributed by atoms with Crippen molar-refractivity contribution in [3.63, 3.8) is 0 Å². The lowest BCUT2D eigenvalue weighted by atomic mass is 10.2. The van der Waals surface area contributed by atoms with Gasteiger partial charge in [-0.1, -0.05) is 24.3 Å². The molecule has 7 nitrogen and oxygen atoms in total. The van der Waals surface area contributed by atoms with Crippen LogP contribution in [0.3, 0.4) is 0 Å². The molecule has 0 bridgehead atoms. The minimum absolute atomic E-state index is 0.236. The van der Waals surface area contributed by atoms with Crippen LogP contribution >= 0.6 is 0 Å². The molecule has 0 aliphatic heterocycles. The van der Waals surface area contributed by atoms with E-state index in [1.165, 1.54) is 25.5 Å². The molecule has 2 amide bonds. The van der Waals surface area contributed by atoms with Crippen molar-refractivity contribution in [3.8, 4) is 5.75 Å². The number of ether oxygens (including phenoxy) is 2. The van der Waals surface area contributed by atoms with Crippen molar-refractivity contribution in [1.29, 1.82) is 0 Å². The van der Waals surface area contributed by atoms with Gasteiger partial charge in [0.05, 0.1) is 12.8 Å². The molecule has 0 aliphatic carbocycles. The molecule has 2 aromatic rings. The van der Waals surface area contributed by atoms with Crippen molar-refractivity contribution in [2.45, 2.75) is 6.61 Å². The van der Waals surface area contributed by atoms with E-state index in [2.05, 4.69) is 15.8 Å². The molecule has 142 valence electrons. The summed E-state index contributed by atoms with van der Waals surface area (Å²) in [4.78, 5) is 23.0.